The summed E-state index contributed by atoms with van der Waals surface area (Å²) in [4.78, 5) is 11.0. The van der Waals surface area contributed by atoms with E-state index < -0.39 is 26.8 Å². The second-order valence-corrected chi connectivity index (χ2v) is 8.44. The summed E-state index contributed by atoms with van der Waals surface area (Å²) in [7, 11) is -4.98. The molecule has 0 heterocycles. The first-order valence-electron chi connectivity index (χ1n) is 6.22. The van der Waals surface area contributed by atoms with Gasteiger partial charge in [-0.05, 0) is 38.0 Å². The smallest absolute Gasteiger partial charge is 0.335 e. The lowest BCUT2D eigenvalue weighted by atomic mass is 10.1. The molecule has 118 valence electrons. The summed E-state index contributed by atoms with van der Waals surface area (Å²) in [6.07, 6.45) is 1.50. The van der Waals surface area contributed by atoms with Crippen molar-refractivity contribution >= 4 is 26.8 Å². The molecule has 2 N–H and O–H groups in total. The van der Waals surface area contributed by atoms with E-state index in [-0.39, 0.29) is 22.3 Å². The molecule has 8 heteroatoms. The Labute approximate surface area is 127 Å². The fraction of sp³-hybridized carbons (Fsp3) is 0.462. The number of carboxylic acids is 1. The van der Waals surface area contributed by atoms with Gasteiger partial charge in [0.05, 0.1) is 10.5 Å². The number of aryl methyl sites for hydroxylation is 2. The number of aromatic carboxylic acids is 1. The van der Waals surface area contributed by atoms with E-state index in [0.717, 1.165) is 6.07 Å². The Morgan fingerprint density at radius 1 is 1.33 bits per heavy atom. The van der Waals surface area contributed by atoms with Crippen molar-refractivity contribution in [1.29, 1.82) is 0 Å². The third-order valence-electron chi connectivity index (χ3n) is 3.17. The summed E-state index contributed by atoms with van der Waals surface area (Å²) in [6.45, 7) is 4.92. The Morgan fingerprint density at radius 3 is 2.38 bits per heavy atom. The Kier molecular flexibility index (Phi) is 5.66. The summed E-state index contributed by atoms with van der Waals surface area (Å²) >= 11 is 0. The predicted octanol–water partition coefficient (Wildman–Crippen LogP) is 1.05. The van der Waals surface area contributed by atoms with Crippen molar-refractivity contribution in [2.24, 2.45) is 0 Å². The highest BCUT2D eigenvalue weighted by Gasteiger charge is 2.21. The lowest BCUT2D eigenvalue weighted by Crippen LogP contribution is -2.33. The van der Waals surface area contributed by atoms with Crippen molar-refractivity contribution in [3.8, 4) is 0 Å². The SMILES string of the molecule is Cc1cc(C)c(S(=O)(=O)NCC(C)S(C)=O)cc1C(=O)O. The minimum Gasteiger partial charge on any atom is -0.478 e. The van der Waals surface area contributed by atoms with Crippen molar-refractivity contribution in [1.82, 2.24) is 4.72 Å². The first-order valence-corrected chi connectivity index (χ1v) is 9.33. The van der Waals surface area contributed by atoms with Crippen molar-refractivity contribution in [3.63, 3.8) is 0 Å². The number of hydrogen-bond donors (Lipinski definition) is 2. The van der Waals surface area contributed by atoms with Crippen LogP contribution in [0, 0.1) is 13.8 Å². The quantitative estimate of drug-likeness (QED) is 0.810. The van der Waals surface area contributed by atoms with Crippen molar-refractivity contribution in [2.75, 3.05) is 12.8 Å². The van der Waals surface area contributed by atoms with Crippen LogP contribution in [0.3, 0.4) is 0 Å². The first-order chi connectivity index (χ1) is 9.56. The average Bonchev–Trinajstić information content (AvgIpc) is 2.34. The molecule has 1 rings (SSSR count). The van der Waals surface area contributed by atoms with Gasteiger partial charge < -0.3 is 5.11 Å². The van der Waals surface area contributed by atoms with Crippen LogP contribution in [0.2, 0.25) is 0 Å². The molecule has 0 aliphatic heterocycles. The molecule has 0 aliphatic carbocycles. The van der Waals surface area contributed by atoms with Gasteiger partial charge in [-0.15, -0.1) is 0 Å². The van der Waals surface area contributed by atoms with Crippen LogP contribution >= 0.6 is 0 Å². The van der Waals surface area contributed by atoms with Gasteiger partial charge >= 0.3 is 5.97 Å². The van der Waals surface area contributed by atoms with Crippen LogP contribution in [-0.4, -0.2) is 41.8 Å². The lowest BCUT2D eigenvalue weighted by Gasteiger charge is -2.14. The average molecular weight is 333 g/mol. The Hall–Kier alpha value is -1.25. The number of carboxylic acid groups (broad SMARTS) is 1. The van der Waals surface area contributed by atoms with Gasteiger partial charge in [0.15, 0.2) is 0 Å². The normalized spacial score (nSPS) is 14.7. The summed E-state index contributed by atoms with van der Waals surface area (Å²) in [5, 5.41) is 8.75. The van der Waals surface area contributed by atoms with Gasteiger partial charge in [0.25, 0.3) is 0 Å². The van der Waals surface area contributed by atoms with Gasteiger partial charge in [-0.2, -0.15) is 0 Å². The third kappa shape index (κ3) is 4.36. The van der Waals surface area contributed by atoms with E-state index in [9.17, 15) is 17.4 Å². The van der Waals surface area contributed by atoms with Gasteiger partial charge in [0, 0.05) is 28.9 Å². The molecule has 0 bridgehead atoms. The molecule has 0 radical (unpaired) electrons. The molecule has 2 unspecified atom stereocenters. The molecule has 0 spiro atoms. The topological polar surface area (TPSA) is 101 Å². The van der Waals surface area contributed by atoms with E-state index in [2.05, 4.69) is 4.72 Å². The van der Waals surface area contributed by atoms with Crippen LogP contribution in [0.1, 0.15) is 28.4 Å². The molecule has 6 nitrogen and oxygen atoms in total. The lowest BCUT2D eigenvalue weighted by molar-refractivity contribution is 0.0696. The number of sulfonamides is 1. The molecule has 21 heavy (non-hydrogen) atoms. The van der Waals surface area contributed by atoms with Crippen LogP contribution in [-0.2, 0) is 20.8 Å². The van der Waals surface area contributed by atoms with E-state index in [0.29, 0.717) is 11.1 Å². The minimum atomic E-state index is -3.84. The molecular formula is C13H19NO5S2. The van der Waals surface area contributed by atoms with Gasteiger partial charge in [0.1, 0.15) is 0 Å². The highest BCUT2D eigenvalue weighted by Crippen LogP contribution is 2.20. The molecular weight excluding hydrogens is 314 g/mol. The van der Waals surface area contributed by atoms with Crippen LogP contribution in [0.4, 0.5) is 0 Å². The summed E-state index contributed by atoms with van der Waals surface area (Å²) in [5.41, 5.74) is 0.922. The maximum Gasteiger partial charge on any atom is 0.335 e. The molecule has 0 amide bonds. The number of hydrogen-bond acceptors (Lipinski definition) is 4. The maximum absolute atomic E-state index is 12.3. The van der Waals surface area contributed by atoms with E-state index >= 15 is 0 Å². The standard InChI is InChI=1S/C13H19NO5S2/c1-8-5-9(2)12(6-11(8)13(15)16)21(18,19)14-7-10(3)20(4)17/h5-6,10,14H,7H2,1-4H3,(H,15,16). The molecule has 0 saturated heterocycles. The molecule has 1 aromatic rings. The first kappa shape index (κ1) is 17.8. The van der Waals surface area contributed by atoms with Gasteiger partial charge in [-0.1, -0.05) is 6.07 Å². The second kappa shape index (κ2) is 6.67. The van der Waals surface area contributed by atoms with Crippen molar-refractivity contribution < 1.29 is 22.5 Å². The highest BCUT2D eigenvalue weighted by molar-refractivity contribution is 7.89. The summed E-state index contributed by atoms with van der Waals surface area (Å²) in [6, 6.07) is 2.68. The van der Waals surface area contributed by atoms with Gasteiger partial charge in [-0.3, -0.25) is 4.21 Å². The second-order valence-electron chi connectivity index (χ2n) is 4.90. The Morgan fingerprint density at radius 2 is 1.90 bits per heavy atom. The molecule has 0 aromatic heterocycles. The Balaban J connectivity index is 3.17. The number of nitrogens with one attached hydrogen (secondary N) is 1. The predicted molar refractivity (Wildman–Crippen MR) is 81.6 cm³/mol. The molecule has 0 saturated carbocycles. The third-order valence-corrected chi connectivity index (χ3v) is 6.03. The van der Waals surface area contributed by atoms with Gasteiger partial charge in [0.2, 0.25) is 10.0 Å². The fourth-order valence-corrected chi connectivity index (χ4v) is 3.58. The van der Waals surface area contributed by atoms with E-state index in [4.69, 9.17) is 5.11 Å². The zero-order valence-electron chi connectivity index (χ0n) is 12.3. The van der Waals surface area contributed by atoms with Crippen LogP contribution in [0.5, 0.6) is 0 Å². The van der Waals surface area contributed by atoms with Gasteiger partial charge in [-0.25, -0.2) is 17.9 Å². The number of benzene rings is 1. The number of rotatable bonds is 6. The number of carbonyl (C=O) groups is 1. The molecule has 1 aromatic carbocycles. The summed E-state index contributed by atoms with van der Waals surface area (Å²) in [5.74, 6) is -1.17. The zero-order chi connectivity index (χ0) is 16.4. The zero-order valence-corrected chi connectivity index (χ0v) is 14.0. The van der Waals surface area contributed by atoms with E-state index in [1.54, 1.807) is 20.8 Å². The van der Waals surface area contributed by atoms with E-state index in [1.807, 2.05) is 0 Å². The largest absolute Gasteiger partial charge is 0.478 e. The Bertz CT molecular complexity index is 682. The van der Waals surface area contributed by atoms with Crippen LogP contribution < -0.4 is 4.72 Å². The maximum atomic E-state index is 12.3. The molecule has 0 fully saturated rings. The highest BCUT2D eigenvalue weighted by atomic mass is 32.2. The summed E-state index contributed by atoms with van der Waals surface area (Å²) < 4.78 is 38.1. The van der Waals surface area contributed by atoms with Crippen LogP contribution in [0.25, 0.3) is 0 Å². The molecule has 2 atom stereocenters. The monoisotopic (exact) mass is 333 g/mol. The van der Waals surface area contributed by atoms with E-state index in [1.165, 1.54) is 12.3 Å². The fourth-order valence-electron chi connectivity index (χ4n) is 1.77. The molecule has 0 aliphatic rings. The van der Waals surface area contributed by atoms with Crippen molar-refractivity contribution in [3.05, 3.63) is 28.8 Å². The van der Waals surface area contributed by atoms with Crippen LogP contribution in [0.15, 0.2) is 17.0 Å². The minimum absolute atomic E-state index is 0.0289. The van der Waals surface area contributed by atoms with Crippen molar-refractivity contribution in [2.45, 2.75) is 30.9 Å².